The molecule has 1 aromatic carbocycles. The third-order valence-electron chi connectivity index (χ3n) is 5.34. The summed E-state index contributed by atoms with van der Waals surface area (Å²) in [4.78, 5) is 39.4. The van der Waals surface area contributed by atoms with Crippen molar-refractivity contribution in [3.05, 3.63) is 59.0 Å². The summed E-state index contributed by atoms with van der Waals surface area (Å²) >= 11 is 3.06. The first-order valence-electron chi connectivity index (χ1n) is 10.7. The summed E-state index contributed by atoms with van der Waals surface area (Å²) in [6.45, 7) is 5.02. The summed E-state index contributed by atoms with van der Waals surface area (Å²) in [7, 11) is 7.54. The second kappa shape index (κ2) is 10.7. The van der Waals surface area contributed by atoms with Crippen LogP contribution < -0.4 is 16.0 Å². The van der Waals surface area contributed by atoms with Crippen LogP contribution in [-0.4, -0.2) is 58.9 Å². The average molecular weight is 529 g/mol. The van der Waals surface area contributed by atoms with Gasteiger partial charge in [0, 0.05) is 43.4 Å². The Hall–Kier alpha value is -3.37. The van der Waals surface area contributed by atoms with Gasteiger partial charge in [0.05, 0.1) is 10.2 Å². The quantitative estimate of drug-likeness (QED) is 0.293. The van der Waals surface area contributed by atoms with E-state index in [1.807, 2.05) is 20.2 Å². The van der Waals surface area contributed by atoms with Gasteiger partial charge in [0.2, 0.25) is 0 Å². The van der Waals surface area contributed by atoms with Crippen LogP contribution in [0.2, 0.25) is 0 Å². The maximum Gasteiger partial charge on any atom is 0.272 e. The highest BCUT2D eigenvalue weighted by atomic mass is 79.9. The van der Waals surface area contributed by atoms with E-state index in [2.05, 4.69) is 43.4 Å². The van der Waals surface area contributed by atoms with E-state index >= 15 is 0 Å². The van der Waals surface area contributed by atoms with E-state index in [0.717, 1.165) is 23.9 Å². The van der Waals surface area contributed by atoms with Gasteiger partial charge in [-0.1, -0.05) is 6.58 Å². The van der Waals surface area contributed by atoms with E-state index < -0.39 is 0 Å². The monoisotopic (exact) mass is 528 g/mol. The Morgan fingerprint density at radius 3 is 2.41 bits per heavy atom. The zero-order valence-electron chi connectivity index (χ0n) is 19.7. The molecule has 0 aliphatic carbocycles. The van der Waals surface area contributed by atoms with Crippen LogP contribution >= 0.6 is 15.9 Å². The molecule has 0 aliphatic rings. The molecule has 3 amide bonds. The van der Waals surface area contributed by atoms with Gasteiger partial charge in [-0.2, -0.15) is 0 Å². The van der Waals surface area contributed by atoms with E-state index in [0.29, 0.717) is 29.3 Å². The maximum atomic E-state index is 13.0. The van der Waals surface area contributed by atoms with Gasteiger partial charge >= 0.3 is 0 Å². The van der Waals surface area contributed by atoms with Crippen LogP contribution in [0, 0.1) is 0 Å². The first kappa shape index (κ1) is 25.3. The number of rotatable bonds is 9. The number of hydrogen-bond acceptors (Lipinski definition) is 4. The third-order valence-corrected chi connectivity index (χ3v) is 5.70. The highest BCUT2D eigenvalue weighted by molar-refractivity contribution is 9.12. The van der Waals surface area contributed by atoms with Crippen molar-refractivity contribution < 1.29 is 14.4 Å². The van der Waals surface area contributed by atoms with Gasteiger partial charge in [0.15, 0.2) is 0 Å². The molecule has 0 bridgehead atoms. The molecule has 0 saturated carbocycles. The van der Waals surface area contributed by atoms with Crippen molar-refractivity contribution in [2.24, 2.45) is 14.1 Å². The molecule has 10 heteroatoms. The van der Waals surface area contributed by atoms with Gasteiger partial charge in [-0.15, -0.1) is 0 Å². The molecular formula is C24H29BrN6O3. The summed E-state index contributed by atoms with van der Waals surface area (Å²) in [5, 5.41) is 9.31. The number of amides is 3. The Morgan fingerprint density at radius 2 is 1.74 bits per heavy atom. The Kier molecular flexibility index (Phi) is 7.95. The Bertz CT molecular complexity index is 1260. The summed E-state index contributed by atoms with van der Waals surface area (Å²) in [5.74, 6) is -0.830. The van der Waals surface area contributed by atoms with Crippen LogP contribution in [0.15, 0.2) is 47.6 Å². The molecule has 2 aromatic heterocycles. The normalized spacial score (nSPS) is 11.0. The van der Waals surface area contributed by atoms with Gasteiger partial charge < -0.3 is 30.0 Å². The Balaban J connectivity index is 1.71. The number of aromatic nitrogens is 2. The van der Waals surface area contributed by atoms with E-state index in [1.165, 1.54) is 0 Å². The van der Waals surface area contributed by atoms with Gasteiger partial charge in [0.1, 0.15) is 11.4 Å². The van der Waals surface area contributed by atoms with Gasteiger partial charge in [-0.25, -0.2) is 0 Å². The molecule has 0 fully saturated rings. The molecule has 3 rings (SSSR count). The van der Waals surface area contributed by atoms with E-state index in [-0.39, 0.29) is 22.2 Å². The lowest BCUT2D eigenvalue weighted by molar-refractivity contribution is -0.112. The minimum atomic E-state index is -0.338. The lowest BCUT2D eigenvalue weighted by Crippen LogP contribution is -2.28. The van der Waals surface area contributed by atoms with Crippen molar-refractivity contribution >= 4 is 55.9 Å². The van der Waals surface area contributed by atoms with Crippen LogP contribution in [0.4, 0.5) is 11.4 Å². The van der Waals surface area contributed by atoms with Crippen molar-refractivity contribution in [1.82, 2.24) is 19.4 Å². The molecule has 0 atom stereocenters. The maximum absolute atomic E-state index is 13.0. The number of nitrogens with one attached hydrogen (secondary N) is 3. The van der Waals surface area contributed by atoms with Crippen LogP contribution in [0.1, 0.15) is 27.4 Å². The number of fused-ring (bicyclic) bond motifs is 1. The topological polar surface area (TPSA) is 100 Å². The summed E-state index contributed by atoms with van der Waals surface area (Å²) < 4.78 is 3.69. The van der Waals surface area contributed by atoms with Crippen molar-refractivity contribution in [3.63, 3.8) is 0 Å². The lowest BCUT2D eigenvalue weighted by atomic mass is 10.2. The number of aryl methyl sites for hydroxylation is 2. The van der Waals surface area contributed by atoms with Crippen LogP contribution in [0.5, 0.6) is 0 Å². The Morgan fingerprint density at radius 1 is 1.00 bits per heavy atom. The molecule has 0 unspecified atom stereocenters. The average Bonchev–Trinajstić information content (AvgIpc) is 3.30. The molecule has 34 heavy (non-hydrogen) atoms. The van der Waals surface area contributed by atoms with Crippen molar-refractivity contribution in [3.8, 4) is 0 Å². The fourth-order valence-corrected chi connectivity index (χ4v) is 3.68. The summed E-state index contributed by atoms with van der Waals surface area (Å²) in [5.41, 5.74) is 2.87. The number of carbonyl (C=O) groups excluding carboxylic acids is 3. The molecule has 0 spiro atoms. The van der Waals surface area contributed by atoms with E-state index in [9.17, 15) is 14.4 Å². The predicted molar refractivity (Wildman–Crippen MR) is 138 cm³/mol. The number of nitrogens with zero attached hydrogens (tertiary/aromatic N) is 3. The molecule has 9 nitrogen and oxygen atoms in total. The minimum Gasteiger partial charge on any atom is -0.351 e. The molecule has 3 N–H and O–H groups in total. The zero-order valence-corrected chi connectivity index (χ0v) is 21.3. The van der Waals surface area contributed by atoms with Gasteiger partial charge in [-0.3, -0.25) is 14.4 Å². The second-order valence-electron chi connectivity index (χ2n) is 8.31. The number of hydrogen-bond donors (Lipinski definition) is 3. The molecule has 2 heterocycles. The number of carbonyl (C=O) groups is 3. The fourth-order valence-electron chi connectivity index (χ4n) is 3.59. The minimum absolute atomic E-state index is 0.188. The highest BCUT2D eigenvalue weighted by Crippen LogP contribution is 2.24. The molecule has 180 valence electrons. The van der Waals surface area contributed by atoms with Crippen molar-refractivity contribution in [1.29, 1.82) is 0 Å². The molecule has 0 radical (unpaired) electrons. The highest BCUT2D eigenvalue weighted by Gasteiger charge is 2.17. The fraction of sp³-hybridized carbons (Fsp3) is 0.292. The zero-order chi connectivity index (χ0) is 25.0. The Labute approximate surface area is 206 Å². The van der Waals surface area contributed by atoms with Gasteiger partial charge in [-0.05, 0) is 73.3 Å². The van der Waals surface area contributed by atoms with E-state index in [4.69, 9.17) is 0 Å². The first-order valence-corrected chi connectivity index (χ1v) is 11.5. The van der Waals surface area contributed by atoms with Crippen LogP contribution in [0.25, 0.3) is 10.9 Å². The van der Waals surface area contributed by atoms with Crippen LogP contribution in [-0.2, 0) is 18.9 Å². The predicted octanol–water partition coefficient (Wildman–Crippen LogP) is 3.30. The smallest absolute Gasteiger partial charge is 0.272 e. The first-order chi connectivity index (χ1) is 16.1. The molecular weight excluding hydrogens is 500 g/mol. The largest absolute Gasteiger partial charge is 0.351 e. The molecule has 3 aromatic rings. The summed E-state index contributed by atoms with van der Waals surface area (Å²) in [6.07, 6.45) is 2.56. The third kappa shape index (κ3) is 5.95. The van der Waals surface area contributed by atoms with Crippen LogP contribution in [0.3, 0.4) is 0 Å². The molecule has 0 saturated heterocycles. The lowest BCUT2D eigenvalue weighted by Gasteiger charge is -2.10. The second-order valence-corrected chi connectivity index (χ2v) is 9.27. The number of halogens is 1. The summed E-state index contributed by atoms with van der Waals surface area (Å²) in [6, 6.07) is 8.80. The SMILES string of the molecule is C=C(Br)C(=O)Nc1ccc2c(c1)cc(C(=O)Nc1cc(C(=O)NCCCN(C)C)n(C)c1)n2C. The number of benzene rings is 1. The number of anilines is 2. The molecule has 0 aliphatic heterocycles. The van der Waals surface area contributed by atoms with Gasteiger partial charge in [0.25, 0.3) is 17.7 Å². The van der Waals surface area contributed by atoms with Crippen molar-refractivity contribution in [2.75, 3.05) is 37.8 Å². The standard InChI is InChI=1S/C24H29BrN6O3/c1-15(25)22(32)27-17-7-8-19-16(11-17)12-21(31(19)5)24(34)28-18-13-20(30(4)14-18)23(33)26-9-6-10-29(2)3/h7-8,11-14H,1,6,9-10H2,2-5H3,(H,26,33)(H,27,32)(H,28,34). The van der Waals surface area contributed by atoms with E-state index in [1.54, 1.807) is 53.7 Å². The van der Waals surface area contributed by atoms with Crippen molar-refractivity contribution in [2.45, 2.75) is 6.42 Å².